The Morgan fingerprint density at radius 1 is 1.04 bits per heavy atom. The van der Waals surface area contributed by atoms with Gasteiger partial charge in [0.05, 0.1) is 26.1 Å². The van der Waals surface area contributed by atoms with Crippen LogP contribution < -0.4 is 5.32 Å². The molecule has 0 saturated carbocycles. The molecule has 0 radical (unpaired) electrons. The summed E-state index contributed by atoms with van der Waals surface area (Å²) in [6.45, 7) is 16.0. The quantitative estimate of drug-likeness (QED) is 0.450. The standard InChI is InChI=1S/C17H35NO5Si/c1-8-21-15(19)10-11-18-14(12-16(20)22-9-2)13-23-24(6,7)17(3,4)5/h14,18H,8-13H2,1-7H3. The van der Waals surface area contributed by atoms with Crippen LogP contribution in [0.2, 0.25) is 18.1 Å². The van der Waals surface area contributed by atoms with Gasteiger partial charge >= 0.3 is 11.9 Å². The smallest absolute Gasteiger partial charge is 0.307 e. The van der Waals surface area contributed by atoms with Crippen molar-refractivity contribution in [3.05, 3.63) is 0 Å². The number of esters is 2. The van der Waals surface area contributed by atoms with Crippen LogP contribution in [0.25, 0.3) is 0 Å². The number of carbonyl (C=O) groups is 2. The molecule has 142 valence electrons. The Hall–Kier alpha value is -0.923. The minimum atomic E-state index is -1.89. The van der Waals surface area contributed by atoms with E-state index >= 15 is 0 Å². The summed E-state index contributed by atoms with van der Waals surface area (Å²) in [6.07, 6.45) is 0.499. The van der Waals surface area contributed by atoms with Gasteiger partial charge in [-0.3, -0.25) is 9.59 Å². The van der Waals surface area contributed by atoms with E-state index in [1.54, 1.807) is 13.8 Å². The van der Waals surface area contributed by atoms with Crippen molar-refractivity contribution in [3.63, 3.8) is 0 Å². The zero-order valence-electron chi connectivity index (χ0n) is 16.4. The van der Waals surface area contributed by atoms with E-state index in [1.807, 2.05) is 0 Å². The normalized spacial score (nSPS) is 13.5. The molecule has 0 rings (SSSR count). The van der Waals surface area contributed by atoms with Crippen LogP contribution in [0.15, 0.2) is 0 Å². The third-order valence-electron chi connectivity index (χ3n) is 4.24. The highest BCUT2D eigenvalue weighted by molar-refractivity contribution is 6.74. The molecule has 0 spiro atoms. The summed E-state index contributed by atoms with van der Waals surface area (Å²) in [5.41, 5.74) is 0. The van der Waals surface area contributed by atoms with Gasteiger partial charge in [0, 0.05) is 19.2 Å². The molecule has 0 aliphatic rings. The van der Waals surface area contributed by atoms with Crippen LogP contribution in [0.3, 0.4) is 0 Å². The minimum Gasteiger partial charge on any atom is -0.466 e. The molecule has 1 unspecified atom stereocenters. The van der Waals surface area contributed by atoms with Crippen LogP contribution in [0.5, 0.6) is 0 Å². The third-order valence-corrected chi connectivity index (χ3v) is 8.74. The molecule has 7 heteroatoms. The van der Waals surface area contributed by atoms with Crippen LogP contribution in [-0.4, -0.2) is 52.7 Å². The van der Waals surface area contributed by atoms with Crippen molar-refractivity contribution in [1.82, 2.24) is 5.32 Å². The van der Waals surface area contributed by atoms with Crippen molar-refractivity contribution < 1.29 is 23.5 Å². The number of ether oxygens (including phenoxy) is 2. The number of hydrogen-bond donors (Lipinski definition) is 1. The van der Waals surface area contributed by atoms with Crippen molar-refractivity contribution in [2.45, 2.75) is 71.6 Å². The monoisotopic (exact) mass is 361 g/mol. The summed E-state index contributed by atoms with van der Waals surface area (Å²) in [4.78, 5) is 23.2. The molecule has 0 aliphatic carbocycles. The molecular weight excluding hydrogens is 326 g/mol. The molecule has 0 amide bonds. The van der Waals surface area contributed by atoms with E-state index in [9.17, 15) is 9.59 Å². The Morgan fingerprint density at radius 2 is 1.58 bits per heavy atom. The van der Waals surface area contributed by atoms with E-state index in [-0.39, 0.29) is 35.9 Å². The zero-order valence-corrected chi connectivity index (χ0v) is 17.4. The number of carbonyl (C=O) groups excluding carboxylic acids is 2. The first-order chi connectivity index (χ1) is 11.0. The number of rotatable bonds is 11. The van der Waals surface area contributed by atoms with Crippen molar-refractivity contribution >= 4 is 20.3 Å². The van der Waals surface area contributed by atoms with Crippen molar-refractivity contribution in [1.29, 1.82) is 0 Å². The summed E-state index contributed by atoms with van der Waals surface area (Å²) in [6, 6.07) is -0.174. The van der Waals surface area contributed by atoms with Crippen LogP contribution >= 0.6 is 0 Å². The second-order valence-electron chi connectivity index (χ2n) is 7.29. The number of nitrogens with one attached hydrogen (secondary N) is 1. The molecule has 24 heavy (non-hydrogen) atoms. The average Bonchev–Trinajstić information content (AvgIpc) is 2.44. The summed E-state index contributed by atoms with van der Waals surface area (Å²) < 4.78 is 16.1. The van der Waals surface area contributed by atoms with E-state index in [4.69, 9.17) is 13.9 Å². The van der Waals surface area contributed by atoms with Crippen LogP contribution in [-0.2, 0) is 23.5 Å². The molecule has 0 bridgehead atoms. The van der Waals surface area contributed by atoms with Crippen molar-refractivity contribution in [3.8, 4) is 0 Å². The van der Waals surface area contributed by atoms with Gasteiger partial charge in [0.25, 0.3) is 0 Å². The maximum atomic E-state index is 11.8. The second kappa shape index (κ2) is 10.8. The first-order valence-corrected chi connectivity index (χ1v) is 11.6. The molecule has 0 saturated heterocycles. The topological polar surface area (TPSA) is 73.9 Å². The predicted octanol–water partition coefficient (Wildman–Crippen LogP) is 2.87. The largest absolute Gasteiger partial charge is 0.466 e. The lowest BCUT2D eigenvalue weighted by Gasteiger charge is -2.37. The first kappa shape index (κ1) is 23.1. The predicted molar refractivity (Wildman–Crippen MR) is 97.4 cm³/mol. The summed E-state index contributed by atoms with van der Waals surface area (Å²) >= 11 is 0. The molecule has 1 N–H and O–H groups in total. The Morgan fingerprint density at radius 3 is 2.08 bits per heavy atom. The van der Waals surface area contributed by atoms with Crippen molar-refractivity contribution in [2.75, 3.05) is 26.4 Å². The maximum absolute atomic E-state index is 11.8. The lowest BCUT2D eigenvalue weighted by atomic mass is 10.2. The zero-order chi connectivity index (χ0) is 18.8. The van der Waals surface area contributed by atoms with Gasteiger partial charge in [0.2, 0.25) is 0 Å². The maximum Gasteiger partial charge on any atom is 0.307 e. The second-order valence-corrected chi connectivity index (χ2v) is 12.1. The van der Waals surface area contributed by atoms with Crippen molar-refractivity contribution in [2.24, 2.45) is 0 Å². The fourth-order valence-corrected chi connectivity index (χ4v) is 2.80. The van der Waals surface area contributed by atoms with Gasteiger partial charge in [-0.1, -0.05) is 20.8 Å². The molecule has 0 aliphatic heterocycles. The molecule has 1 atom stereocenters. The molecular formula is C17H35NO5Si. The van der Waals surface area contributed by atoms with Gasteiger partial charge in [-0.05, 0) is 32.0 Å². The van der Waals surface area contributed by atoms with Gasteiger partial charge in [-0.25, -0.2) is 0 Å². The highest BCUT2D eigenvalue weighted by Crippen LogP contribution is 2.36. The van der Waals surface area contributed by atoms with E-state index in [0.29, 0.717) is 26.4 Å². The van der Waals surface area contributed by atoms with E-state index in [1.165, 1.54) is 0 Å². The first-order valence-electron chi connectivity index (χ1n) is 8.72. The lowest BCUT2D eigenvalue weighted by Crippen LogP contribution is -2.46. The van der Waals surface area contributed by atoms with Crippen LogP contribution in [0, 0.1) is 0 Å². The summed E-state index contributed by atoms with van der Waals surface area (Å²) in [5, 5.41) is 3.32. The van der Waals surface area contributed by atoms with Gasteiger partial charge in [-0.15, -0.1) is 0 Å². The minimum absolute atomic E-state index is 0.104. The Kier molecular flexibility index (Phi) is 10.4. The summed E-state index contributed by atoms with van der Waals surface area (Å²) in [5.74, 6) is -0.504. The van der Waals surface area contributed by atoms with Gasteiger partial charge in [-0.2, -0.15) is 0 Å². The Bertz CT molecular complexity index is 393. The Balaban J connectivity index is 4.58. The molecule has 0 aromatic heterocycles. The fraction of sp³-hybridized carbons (Fsp3) is 0.882. The molecule has 0 aromatic carbocycles. The molecule has 0 aromatic rings. The van der Waals surface area contributed by atoms with Gasteiger partial charge < -0.3 is 19.2 Å². The van der Waals surface area contributed by atoms with Crippen LogP contribution in [0.1, 0.15) is 47.5 Å². The summed E-state index contributed by atoms with van der Waals surface area (Å²) in [7, 11) is -1.89. The van der Waals surface area contributed by atoms with E-state index in [0.717, 1.165) is 0 Å². The SMILES string of the molecule is CCOC(=O)CCNC(CO[Si](C)(C)C(C)(C)C)CC(=O)OCC. The molecule has 0 fully saturated rings. The highest BCUT2D eigenvalue weighted by atomic mass is 28.4. The third kappa shape index (κ3) is 9.39. The van der Waals surface area contributed by atoms with Crippen LogP contribution in [0.4, 0.5) is 0 Å². The molecule has 0 heterocycles. The van der Waals surface area contributed by atoms with Gasteiger partial charge in [0.1, 0.15) is 0 Å². The highest BCUT2D eigenvalue weighted by Gasteiger charge is 2.37. The van der Waals surface area contributed by atoms with E-state index in [2.05, 4.69) is 39.2 Å². The van der Waals surface area contributed by atoms with Gasteiger partial charge in [0.15, 0.2) is 8.32 Å². The van der Waals surface area contributed by atoms with E-state index < -0.39 is 8.32 Å². The number of hydrogen-bond acceptors (Lipinski definition) is 6. The average molecular weight is 362 g/mol. The lowest BCUT2D eigenvalue weighted by molar-refractivity contribution is -0.144. The molecule has 6 nitrogen and oxygen atoms in total. The Labute approximate surface area is 147 Å². The fourth-order valence-electron chi connectivity index (χ4n) is 1.75.